The largest absolute Gasteiger partial charge is 0.481 e. The van der Waals surface area contributed by atoms with Gasteiger partial charge >= 0.3 is 0 Å². The molecule has 1 atom stereocenters. The van der Waals surface area contributed by atoms with Crippen LogP contribution in [0.15, 0.2) is 59.1 Å². The summed E-state index contributed by atoms with van der Waals surface area (Å²) in [5, 5.41) is 3.95. The van der Waals surface area contributed by atoms with E-state index in [1.54, 1.807) is 13.8 Å². The molecule has 4 rings (SSSR count). The lowest BCUT2D eigenvalue weighted by Crippen LogP contribution is -2.52. The van der Waals surface area contributed by atoms with Crippen molar-refractivity contribution in [3.05, 3.63) is 60.5 Å². The summed E-state index contributed by atoms with van der Waals surface area (Å²) in [4.78, 5) is 21.1. The molecule has 150 valence electrons. The first-order chi connectivity index (χ1) is 14.1. The van der Waals surface area contributed by atoms with E-state index >= 15 is 0 Å². The number of carbonyl (C=O) groups excluding carboxylic acids is 1. The summed E-state index contributed by atoms with van der Waals surface area (Å²) < 4.78 is 10.8. The molecular formula is C22H24N4O3. The summed E-state index contributed by atoms with van der Waals surface area (Å²) in [6.07, 6.45) is -0.498. The first-order valence-corrected chi connectivity index (χ1v) is 9.76. The zero-order valence-corrected chi connectivity index (χ0v) is 16.6. The zero-order chi connectivity index (χ0) is 20.2. The van der Waals surface area contributed by atoms with Crippen LogP contribution in [0, 0.1) is 6.92 Å². The first kappa shape index (κ1) is 19.0. The van der Waals surface area contributed by atoms with E-state index in [9.17, 15) is 4.79 Å². The summed E-state index contributed by atoms with van der Waals surface area (Å²) >= 11 is 0. The van der Waals surface area contributed by atoms with Crippen LogP contribution in [-0.4, -0.2) is 53.2 Å². The number of benzene rings is 2. The number of aromatic nitrogens is 2. The van der Waals surface area contributed by atoms with Crippen molar-refractivity contribution in [3.63, 3.8) is 0 Å². The van der Waals surface area contributed by atoms with Gasteiger partial charge in [-0.1, -0.05) is 23.4 Å². The van der Waals surface area contributed by atoms with E-state index in [0.717, 1.165) is 24.3 Å². The lowest BCUT2D eigenvalue weighted by Gasteiger charge is -2.37. The van der Waals surface area contributed by atoms with Crippen molar-refractivity contribution in [1.29, 1.82) is 0 Å². The molecule has 29 heavy (non-hydrogen) atoms. The maximum atomic E-state index is 12.7. The number of para-hydroxylation sites is 1. The van der Waals surface area contributed by atoms with Crippen LogP contribution in [0.1, 0.15) is 12.8 Å². The highest BCUT2D eigenvalue weighted by molar-refractivity contribution is 5.81. The standard InChI is InChI=1S/C22H24N4O3/c1-16(28-20-6-4-3-5-7-20)22(27)26-14-12-25(13-15-26)19-10-8-18(9-11-19)21-23-17(2)29-24-21/h3-11,16H,12-15H2,1-2H3/t16-/m1/s1. The van der Waals surface area contributed by atoms with Gasteiger partial charge in [0.15, 0.2) is 6.10 Å². The van der Waals surface area contributed by atoms with Crippen molar-refractivity contribution >= 4 is 11.6 Å². The van der Waals surface area contributed by atoms with Crippen molar-refractivity contribution in [2.24, 2.45) is 0 Å². The summed E-state index contributed by atoms with van der Waals surface area (Å²) in [5.41, 5.74) is 2.04. The number of anilines is 1. The zero-order valence-electron chi connectivity index (χ0n) is 16.6. The number of aryl methyl sites for hydroxylation is 1. The smallest absolute Gasteiger partial charge is 0.263 e. The molecule has 7 nitrogen and oxygen atoms in total. The Morgan fingerprint density at radius 3 is 2.34 bits per heavy atom. The molecule has 7 heteroatoms. The van der Waals surface area contributed by atoms with Crippen LogP contribution in [0.2, 0.25) is 0 Å². The Hall–Kier alpha value is -3.35. The monoisotopic (exact) mass is 392 g/mol. The van der Waals surface area contributed by atoms with Crippen molar-refractivity contribution in [3.8, 4) is 17.1 Å². The molecule has 1 aromatic heterocycles. The quantitative estimate of drug-likeness (QED) is 0.664. The Morgan fingerprint density at radius 1 is 1.03 bits per heavy atom. The lowest BCUT2D eigenvalue weighted by atomic mass is 10.1. The van der Waals surface area contributed by atoms with Gasteiger partial charge < -0.3 is 19.1 Å². The molecule has 0 N–H and O–H groups in total. The van der Waals surface area contributed by atoms with Crippen molar-refractivity contribution < 1.29 is 14.1 Å². The molecule has 1 aliphatic rings. The van der Waals surface area contributed by atoms with Gasteiger partial charge in [-0.15, -0.1) is 0 Å². The molecule has 0 bridgehead atoms. The fraction of sp³-hybridized carbons (Fsp3) is 0.318. The third-order valence-corrected chi connectivity index (χ3v) is 5.01. The second kappa shape index (κ2) is 8.34. The molecule has 0 radical (unpaired) electrons. The van der Waals surface area contributed by atoms with E-state index in [2.05, 4.69) is 27.2 Å². The number of rotatable bonds is 5. The first-order valence-electron chi connectivity index (χ1n) is 9.76. The van der Waals surface area contributed by atoms with Crippen LogP contribution in [0.4, 0.5) is 5.69 Å². The minimum absolute atomic E-state index is 0.0244. The molecule has 0 aliphatic carbocycles. The van der Waals surface area contributed by atoms with E-state index in [1.807, 2.05) is 47.4 Å². The number of hydrogen-bond donors (Lipinski definition) is 0. The van der Waals surface area contributed by atoms with Gasteiger partial charge in [0.2, 0.25) is 11.7 Å². The van der Waals surface area contributed by atoms with Crippen LogP contribution < -0.4 is 9.64 Å². The second-order valence-corrected chi connectivity index (χ2v) is 7.07. The average molecular weight is 392 g/mol. The van der Waals surface area contributed by atoms with Gasteiger partial charge in [-0.3, -0.25) is 4.79 Å². The lowest BCUT2D eigenvalue weighted by molar-refractivity contribution is -0.138. The van der Waals surface area contributed by atoms with Gasteiger partial charge in [-0.25, -0.2) is 0 Å². The SMILES string of the molecule is Cc1nc(-c2ccc(N3CCN(C(=O)[C@@H](C)Oc4ccccc4)CC3)cc2)no1. The number of ether oxygens (including phenoxy) is 1. The highest BCUT2D eigenvalue weighted by Gasteiger charge is 2.26. The summed E-state index contributed by atoms with van der Waals surface area (Å²) in [5.74, 6) is 1.88. The van der Waals surface area contributed by atoms with Gasteiger partial charge in [0.25, 0.3) is 5.91 Å². The molecule has 2 aromatic carbocycles. The molecule has 2 heterocycles. The molecule has 1 amide bonds. The van der Waals surface area contributed by atoms with Gasteiger partial charge in [-0.2, -0.15) is 4.98 Å². The molecular weight excluding hydrogens is 368 g/mol. The van der Waals surface area contributed by atoms with Crippen molar-refractivity contribution in [1.82, 2.24) is 15.0 Å². The van der Waals surface area contributed by atoms with Gasteiger partial charge in [0.1, 0.15) is 5.75 Å². The maximum Gasteiger partial charge on any atom is 0.263 e. The number of hydrogen-bond acceptors (Lipinski definition) is 6. The Kier molecular flexibility index (Phi) is 5.46. The predicted molar refractivity (Wildman–Crippen MR) is 110 cm³/mol. The van der Waals surface area contributed by atoms with E-state index in [1.165, 1.54) is 0 Å². The maximum absolute atomic E-state index is 12.7. The Bertz CT molecular complexity index is 948. The Labute approximate surface area is 169 Å². The third kappa shape index (κ3) is 4.39. The summed E-state index contributed by atoms with van der Waals surface area (Å²) in [6.45, 7) is 6.49. The molecule has 1 aliphatic heterocycles. The second-order valence-electron chi connectivity index (χ2n) is 7.07. The number of nitrogens with zero attached hydrogens (tertiary/aromatic N) is 4. The Balaban J connectivity index is 1.32. The Morgan fingerprint density at radius 2 is 1.72 bits per heavy atom. The van der Waals surface area contributed by atoms with E-state index in [4.69, 9.17) is 9.26 Å². The molecule has 1 saturated heterocycles. The predicted octanol–water partition coefficient (Wildman–Crippen LogP) is 3.16. The normalized spacial score (nSPS) is 15.2. The van der Waals surface area contributed by atoms with E-state index in [0.29, 0.717) is 30.6 Å². The molecule has 0 saturated carbocycles. The number of amides is 1. The van der Waals surface area contributed by atoms with Gasteiger partial charge in [0.05, 0.1) is 0 Å². The molecule has 3 aromatic rings. The van der Waals surface area contributed by atoms with Crippen LogP contribution in [0.25, 0.3) is 11.4 Å². The molecule has 1 fully saturated rings. The fourth-order valence-corrected chi connectivity index (χ4v) is 3.43. The highest BCUT2D eigenvalue weighted by atomic mass is 16.5. The molecule has 0 spiro atoms. The van der Waals surface area contributed by atoms with Crippen molar-refractivity contribution in [2.45, 2.75) is 20.0 Å². The van der Waals surface area contributed by atoms with E-state index in [-0.39, 0.29) is 5.91 Å². The van der Waals surface area contributed by atoms with E-state index < -0.39 is 6.10 Å². The minimum Gasteiger partial charge on any atom is -0.481 e. The average Bonchev–Trinajstić information content (AvgIpc) is 3.20. The summed E-state index contributed by atoms with van der Waals surface area (Å²) in [6, 6.07) is 17.5. The van der Waals surface area contributed by atoms with Crippen LogP contribution in [-0.2, 0) is 4.79 Å². The topological polar surface area (TPSA) is 71.7 Å². The van der Waals surface area contributed by atoms with Gasteiger partial charge in [0, 0.05) is 44.4 Å². The fourth-order valence-electron chi connectivity index (χ4n) is 3.43. The third-order valence-electron chi connectivity index (χ3n) is 5.01. The minimum atomic E-state index is -0.498. The van der Waals surface area contributed by atoms with Crippen LogP contribution >= 0.6 is 0 Å². The van der Waals surface area contributed by atoms with Crippen LogP contribution in [0.5, 0.6) is 5.75 Å². The van der Waals surface area contributed by atoms with Gasteiger partial charge in [-0.05, 0) is 43.3 Å². The number of piperazine rings is 1. The van der Waals surface area contributed by atoms with Crippen molar-refractivity contribution in [2.75, 3.05) is 31.1 Å². The molecule has 0 unspecified atom stereocenters. The highest BCUT2D eigenvalue weighted by Crippen LogP contribution is 2.22. The number of carbonyl (C=O) groups is 1. The summed E-state index contributed by atoms with van der Waals surface area (Å²) in [7, 11) is 0. The van der Waals surface area contributed by atoms with Crippen LogP contribution in [0.3, 0.4) is 0 Å².